The van der Waals surface area contributed by atoms with E-state index in [1.165, 1.54) is 6.07 Å². The van der Waals surface area contributed by atoms with Crippen LogP contribution in [0.4, 0.5) is 4.39 Å². The monoisotopic (exact) mass is 300 g/mol. The second-order valence-corrected chi connectivity index (χ2v) is 5.95. The first kappa shape index (κ1) is 13.0. The highest BCUT2D eigenvalue weighted by Crippen LogP contribution is 2.20. The van der Waals surface area contributed by atoms with Gasteiger partial charge in [0, 0.05) is 35.7 Å². The zero-order chi connectivity index (χ0) is 12.4. The predicted octanol–water partition coefficient (Wildman–Crippen LogP) is 2.76. The second-order valence-electron chi connectivity index (χ2n) is 5.03. The Kier molecular flexibility index (Phi) is 4.17. The van der Waals surface area contributed by atoms with Gasteiger partial charge in [-0.1, -0.05) is 28.9 Å². The summed E-state index contributed by atoms with van der Waals surface area (Å²) < 4.78 is 14.5. The molecule has 0 aliphatic carbocycles. The van der Waals surface area contributed by atoms with Crippen LogP contribution >= 0.6 is 15.9 Å². The Morgan fingerprint density at radius 1 is 1.47 bits per heavy atom. The number of piperidine rings is 1. The molecule has 0 radical (unpaired) electrons. The van der Waals surface area contributed by atoms with Crippen molar-refractivity contribution in [3.8, 4) is 0 Å². The van der Waals surface area contributed by atoms with E-state index in [0.717, 1.165) is 29.5 Å². The Balaban J connectivity index is 2.04. The van der Waals surface area contributed by atoms with Gasteiger partial charge in [-0.15, -0.1) is 0 Å². The van der Waals surface area contributed by atoms with Crippen LogP contribution in [0.1, 0.15) is 18.9 Å². The molecule has 1 aliphatic heterocycles. The van der Waals surface area contributed by atoms with Crippen LogP contribution in [0.2, 0.25) is 0 Å². The maximum Gasteiger partial charge on any atom is 0.128 e. The Morgan fingerprint density at radius 2 is 2.24 bits per heavy atom. The summed E-state index contributed by atoms with van der Waals surface area (Å²) in [5.41, 5.74) is 6.73. The molecule has 0 aromatic heterocycles. The summed E-state index contributed by atoms with van der Waals surface area (Å²) in [6.07, 6.45) is 1.07. The number of nitrogens with two attached hydrogens (primary N) is 1. The summed E-state index contributed by atoms with van der Waals surface area (Å²) in [5, 5.41) is 0. The summed E-state index contributed by atoms with van der Waals surface area (Å²) in [5.74, 6) is 0.448. The lowest BCUT2D eigenvalue weighted by molar-refractivity contribution is 0.157. The lowest BCUT2D eigenvalue weighted by Crippen LogP contribution is -2.45. The van der Waals surface area contributed by atoms with Crippen LogP contribution in [0.15, 0.2) is 22.7 Å². The number of likely N-dealkylation sites (tertiary alicyclic amines) is 1. The highest BCUT2D eigenvalue weighted by molar-refractivity contribution is 9.10. The van der Waals surface area contributed by atoms with Crippen molar-refractivity contribution in [3.05, 3.63) is 34.1 Å². The van der Waals surface area contributed by atoms with Gasteiger partial charge in [-0.25, -0.2) is 4.39 Å². The molecule has 0 bridgehead atoms. The Bertz CT molecular complexity index is 387. The number of hydrogen-bond acceptors (Lipinski definition) is 2. The Morgan fingerprint density at radius 3 is 2.88 bits per heavy atom. The third-order valence-corrected chi connectivity index (χ3v) is 3.67. The minimum absolute atomic E-state index is 0.147. The molecule has 0 spiro atoms. The Labute approximate surface area is 110 Å². The quantitative estimate of drug-likeness (QED) is 0.910. The van der Waals surface area contributed by atoms with Gasteiger partial charge in [-0.2, -0.15) is 0 Å². The fraction of sp³-hybridized carbons (Fsp3) is 0.538. The summed E-state index contributed by atoms with van der Waals surface area (Å²) in [4.78, 5) is 2.24. The van der Waals surface area contributed by atoms with Crippen LogP contribution in [0, 0.1) is 11.7 Å². The van der Waals surface area contributed by atoms with Crippen molar-refractivity contribution in [3.63, 3.8) is 0 Å². The number of rotatable bonds is 2. The predicted molar refractivity (Wildman–Crippen MR) is 71.1 cm³/mol. The van der Waals surface area contributed by atoms with Crippen molar-refractivity contribution in [2.45, 2.75) is 25.9 Å². The number of nitrogens with zero attached hydrogens (tertiary/aromatic N) is 1. The van der Waals surface area contributed by atoms with Gasteiger partial charge >= 0.3 is 0 Å². The van der Waals surface area contributed by atoms with Crippen molar-refractivity contribution < 1.29 is 4.39 Å². The lowest BCUT2D eigenvalue weighted by Gasteiger charge is -2.34. The van der Waals surface area contributed by atoms with Gasteiger partial charge in [0.15, 0.2) is 0 Å². The summed E-state index contributed by atoms with van der Waals surface area (Å²) in [7, 11) is 0. The molecule has 2 N–H and O–H groups in total. The number of halogens is 2. The van der Waals surface area contributed by atoms with Crippen molar-refractivity contribution in [1.29, 1.82) is 0 Å². The molecule has 1 heterocycles. The van der Waals surface area contributed by atoms with Gasteiger partial charge in [-0.05, 0) is 24.5 Å². The van der Waals surface area contributed by atoms with E-state index in [9.17, 15) is 4.39 Å². The first-order chi connectivity index (χ1) is 8.04. The summed E-state index contributed by atoms with van der Waals surface area (Å²) in [6, 6.07) is 5.45. The molecule has 2 rings (SSSR count). The van der Waals surface area contributed by atoms with E-state index in [1.807, 2.05) is 12.1 Å². The van der Waals surface area contributed by atoms with Gasteiger partial charge < -0.3 is 5.73 Å². The molecule has 1 aromatic rings. The van der Waals surface area contributed by atoms with Crippen LogP contribution < -0.4 is 5.73 Å². The molecule has 1 saturated heterocycles. The maximum atomic E-state index is 13.7. The normalized spacial score (nSPS) is 26.1. The highest BCUT2D eigenvalue weighted by atomic mass is 79.9. The fourth-order valence-electron chi connectivity index (χ4n) is 2.53. The van der Waals surface area contributed by atoms with Crippen molar-refractivity contribution >= 4 is 15.9 Å². The molecule has 2 nitrogen and oxygen atoms in total. The molecule has 1 aliphatic rings. The van der Waals surface area contributed by atoms with Crippen LogP contribution in [0.3, 0.4) is 0 Å². The van der Waals surface area contributed by atoms with E-state index >= 15 is 0 Å². The van der Waals surface area contributed by atoms with Crippen LogP contribution in [0.5, 0.6) is 0 Å². The van der Waals surface area contributed by atoms with E-state index < -0.39 is 0 Å². The molecule has 94 valence electrons. The summed E-state index contributed by atoms with van der Waals surface area (Å²) in [6.45, 7) is 4.71. The molecular weight excluding hydrogens is 283 g/mol. The largest absolute Gasteiger partial charge is 0.327 e. The highest BCUT2D eigenvalue weighted by Gasteiger charge is 2.22. The third-order valence-electron chi connectivity index (χ3n) is 3.18. The number of hydrogen-bond donors (Lipinski definition) is 1. The van der Waals surface area contributed by atoms with Crippen LogP contribution in [-0.2, 0) is 6.54 Å². The average Bonchev–Trinajstić information content (AvgIpc) is 2.21. The molecule has 2 unspecified atom stereocenters. The summed E-state index contributed by atoms with van der Waals surface area (Å²) >= 11 is 3.27. The lowest BCUT2D eigenvalue weighted by atomic mass is 9.96. The molecule has 4 heteroatoms. The topological polar surface area (TPSA) is 29.3 Å². The van der Waals surface area contributed by atoms with E-state index in [2.05, 4.69) is 27.8 Å². The van der Waals surface area contributed by atoms with Crippen LogP contribution in [0.25, 0.3) is 0 Å². The molecule has 1 fully saturated rings. The van der Waals surface area contributed by atoms with E-state index in [1.54, 1.807) is 0 Å². The zero-order valence-electron chi connectivity index (χ0n) is 10.00. The zero-order valence-corrected chi connectivity index (χ0v) is 11.6. The van der Waals surface area contributed by atoms with Crippen LogP contribution in [-0.4, -0.2) is 24.0 Å². The fourth-order valence-corrected chi connectivity index (χ4v) is 2.87. The molecule has 2 atom stereocenters. The standard InChI is InChI=1S/C13H18BrFN2/c1-9-4-12(16)8-17(6-9)7-10-2-3-11(14)5-13(10)15/h2-3,5,9,12H,4,6-8,16H2,1H3. The second kappa shape index (κ2) is 5.46. The van der Waals surface area contributed by atoms with Gasteiger partial charge in [0.2, 0.25) is 0 Å². The van der Waals surface area contributed by atoms with Gasteiger partial charge in [0.1, 0.15) is 5.82 Å². The first-order valence-electron chi connectivity index (χ1n) is 5.96. The maximum absolute atomic E-state index is 13.7. The number of benzene rings is 1. The Hall–Kier alpha value is -0.450. The van der Waals surface area contributed by atoms with Gasteiger partial charge in [-0.3, -0.25) is 4.90 Å². The smallest absolute Gasteiger partial charge is 0.128 e. The molecule has 1 aromatic carbocycles. The first-order valence-corrected chi connectivity index (χ1v) is 6.75. The average molecular weight is 301 g/mol. The molecule has 0 saturated carbocycles. The van der Waals surface area contributed by atoms with E-state index in [0.29, 0.717) is 12.5 Å². The molecule has 17 heavy (non-hydrogen) atoms. The molecular formula is C13H18BrFN2. The molecule has 0 amide bonds. The van der Waals surface area contributed by atoms with Crippen molar-refractivity contribution in [2.24, 2.45) is 11.7 Å². The third kappa shape index (κ3) is 3.50. The minimum atomic E-state index is -0.147. The van der Waals surface area contributed by atoms with Gasteiger partial charge in [0.05, 0.1) is 0 Å². The van der Waals surface area contributed by atoms with Gasteiger partial charge in [0.25, 0.3) is 0 Å². The van der Waals surface area contributed by atoms with Crippen molar-refractivity contribution in [1.82, 2.24) is 4.90 Å². The SMILES string of the molecule is CC1CC(N)CN(Cc2ccc(Br)cc2F)C1. The minimum Gasteiger partial charge on any atom is -0.327 e. The van der Waals surface area contributed by atoms with E-state index in [4.69, 9.17) is 5.73 Å². The van der Waals surface area contributed by atoms with E-state index in [-0.39, 0.29) is 11.9 Å². The van der Waals surface area contributed by atoms with Crippen molar-refractivity contribution in [2.75, 3.05) is 13.1 Å².